The van der Waals surface area contributed by atoms with Crippen molar-refractivity contribution in [3.63, 3.8) is 0 Å². The van der Waals surface area contributed by atoms with Gasteiger partial charge in [0.15, 0.2) is 0 Å². The molecule has 0 bridgehead atoms. The third-order valence-corrected chi connectivity index (χ3v) is 6.17. The van der Waals surface area contributed by atoms with E-state index in [9.17, 15) is 4.39 Å². The van der Waals surface area contributed by atoms with Gasteiger partial charge in [0.25, 0.3) is 0 Å². The summed E-state index contributed by atoms with van der Waals surface area (Å²) < 4.78 is 20.4. The molecule has 1 heterocycles. The molecule has 1 aromatic carbocycles. The van der Waals surface area contributed by atoms with E-state index in [-0.39, 0.29) is 5.82 Å². The van der Waals surface area contributed by atoms with Crippen LogP contribution >= 0.6 is 45.7 Å². The fourth-order valence-electron chi connectivity index (χ4n) is 2.82. The molecule has 1 aliphatic rings. The van der Waals surface area contributed by atoms with Crippen molar-refractivity contribution in [3.05, 3.63) is 51.8 Å². The van der Waals surface area contributed by atoms with Gasteiger partial charge < -0.3 is 0 Å². The van der Waals surface area contributed by atoms with E-state index in [1.54, 1.807) is 12.1 Å². The largest absolute Gasteiger partial charge is 0.207 e. The van der Waals surface area contributed by atoms with Crippen molar-refractivity contribution in [2.45, 2.75) is 44.7 Å². The first-order chi connectivity index (χ1) is 11.5. The number of nitrogens with zero attached hydrogens (tertiary/aromatic N) is 3. The first-order valence-corrected chi connectivity index (χ1v) is 11.1. The fraction of sp³-hybridized carbons (Fsp3) is 0.471. The van der Waals surface area contributed by atoms with E-state index in [1.807, 2.05) is 1.33 Å². The third kappa shape index (κ3) is 6.65. The standard InChI is InChI=1S/C10H16N2.C7H6FI2N.Pt/c1-11-7-8-12(9-11)10-5-3-2-4-6-10;8-7-3-1-6(2-4-7)5-11(9)10;/h7-8,10H,2-6H2,1H3;1-4H,5H2;. The topological polar surface area (TPSA) is 13.1 Å². The molecular weight excluding hydrogens is 714 g/mol. The molecule has 2 aromatic rings. The molecular formula is C17H22FI2N3Pt. The van der Waals surface area contributed by atoms with Crippen molar-refractivity contribution in [2.24, 2.45) is 7.05 Å². The van der Waals surface area contributed by atoms with Gasteiger partial charge in [-0.15, -0.1) is 0 Å². The first kappa shape index (κ1) is 20.8. The Bertz CT molecular complexity index is 676. The molecule has 0 spiro atoms. The number of hydrogen-bond donors (Lipinski definition) is 0. The molecule has 1 aliphatic carbocycles. The second kappa shape index (κ2) is 10.6. The molecule has 0 atom stereocenters. The Morgan fingerprint density at radius 2 is 1.75 bits per heavy atom. The molecule has 0 radical (unpaired) electrons. The van der Waals surface area contributed by atoms with Gasteiger partial charge in [-0.05, 0) is 17.7 Å². The van der Waals surface area contributed by atoms with E-state index >= 15 is 0 Å². The Balaban J connectivity index is 0.000000177. The SMILES string of the molecule is Cn1ccn(C2CCCCC2)[c]1=[Pt].Fc1ccc(CN(I)I)cc1. The van der Waals surface area contributed by atoms with Gasteiger partial charge in [-0.25, -0.2) is 4.39 Å². The minimum Gasteiger partial charge on any atom is -0.207 e. The van der Waals surface area contributed by atoms with Gasteiger partial charge in [-0.1, -0.05) is 12.1 Å². The van der Waals surface area contributed by atoms with Gasteiger partial charge in [-0.3, -0.25) is 0 Å². The van der Waals surface area contributed by atoms with Crippen molar-refractivity contribution in [3.8, 4) is 0 Å². The van der Waals surface area contributed by atoms with Crippen LogP contribution in [0.2, 0.25) is 0 Å². The van der Waals surface area contributed by atoms with Gasteiger partial charge in [0.2, 0.25) is 0 Å². The molecule has 0 N–H and O–H groups in total. The van der Waals surface area contributed by atoms with Crippen LogP contribution in [0.5, 0.6) is 0 Å². The van der Waals surface area contributed by atoms with Crippen molar-refractivity contribution >= 4 is 45.7 Å². The van der Waals surface area contributed by atoms with Crippen molar-refractivity contribution in [1.82, 2.24) is 10.5 Å². The number of halogens is 3. The van der Waals surface area contributed by atoms with Crippen molar-refractivity contribution < 1.29 is 23.7 Å². The molecule has 24 heavy (non-hydrogen) atoms. The predicted molar refractivity (Wildman–Crippen MR) is 109 cm³/mol. The van der Waals surface area contributed by atoms with Gasteiger partial charge in [0.05, 0.1) is 0 Å². The van der Waals surface area contributed by atoms with Crippen molar-refractivity contribution in [1.29, 1.82) is 0 Å². The molecule has 1 fully saturated rings. The first-order valence-electron chi connectivity index (χ1n) is 8.00. The summed E-state index contributed by atoms with van der Waals surface area (Å²) >= 11 is 6.77. The molecule has 1 saturated carbocycles. The Labute approximate surface area is 182 Å². The van der Waals surface area contributed by atoms with Gasteiger partial charge in [-0.2, -0.15) is 1.33 Å². The molecule has 3 rings (SSSR count). The predicted octanol–water partition coefficient (Wildman–Crippen LogP) is 5.74. The second-order valence-corrected chi connectivity index (χ2v) is 11.1. The molecule has 0 amide bonds. The molecule has 7 heteroatoms. The Kier molecular flexibility index (Phi) is 9.16. The fourth-order valence-corrected chi connectivity index (χ4v) is 4.36. The molecule has 1 aromatic heterocycles. The summed E-state index contributed by atoms with van der Waals surface area (Å²) in [5, 5.41) is 0. The van der Waals surface area contributed by atoms with Gasteiger partial charge in [0.1, 0.15) is 5.82 Å². The Morgan fingerprint density at radius 1 is 1.12 bits per heavy atom. The Hall–Kier alpha value is 0.468. The number of aryl methyl sites for hydroxylation is 1. The smallest absolute Gasteiger partial charge is 0.123 e. The van der Waals surface area contributed by atoms with Crippen LogP contribution in [0.4, 0.5) is 4.39 Å². The van der Waals surface area contributed by atoms with E-state index in [0.717, 1.165) is 18.2 Å². The maximum absolute atomic E-state index is 12.4. The molecule has 0 unspecified atom stereocenters. The zero-order valence-electron chi connectivity index (χ0n) is 13.6. The van der Waals surface area contributed by atoms with E-state index < -0.39 is 0 Å². The minimum atomic E-state index is -0.179. The van der Waals surface area contributed by atoms with E-state index in [4.69, 9.17) is 0 Å². The minimum absolute atomic E-state index is 0.179. The summed E-state index contributed by atoms with van der Waals surface area (Å²) in [6.45, 7) is 0.835. The zero-order valence-corrected chi connectivity index (χ0v) is 20.2. The van der Waals surface area contributed by atoms with Crippen LogP contribution in [0.25, 0.3) is 0 Å². The van der Waals surface area contributed by atoms with Crippen LogP contribution in [0.3, 0.4) is 0 Å². The molecule has 3 nitrogen and oxygen atoms in total. The summed E-state index contributed by atoms with van der Waals surface area (Å²) in [5.41, 5.74) is 1.12. The Morgan fingerprint density at radius 3 is 2.25 bits per heavy atom. The van der Waals surface area contributed by atoms with Crippen LogP contribution in [-0.4, -0.2) is 10.5 Å². The summed E-state index contributed by atoms with van der Waals surface area (Å²) in [6, 6.07) is 7.31. The summed E-state index contributed by atoms with van der Waals surface area (Å²) in [5.74, 6) is -0.179. The van der Waals surface area contributed by atoms with Crippen LogP contribution in [-0.2, 0) is 32.9 Å². The third-order valence-electron chi connectivity index (χ3n) is 4.10. The van der Waals surface area contributed by atoms with Crippen LogP contribution in [0, 0.1) is 9.62 Å². The monoisotopic (exact) mass is 736 g/mol. The van der Waals surface area contributed by atoms with Crippen LogP contribution < -0.4 is 0 Å². The maximum atomic E-state index is 12.4. The average molecular weight is 736 g/mol. The maximum Gasteiger partial charge on any atom is 0.123 e. The number of rotatable bonds is 3. The summed E-state index contributed by atoms with van der Waals surface area (Å²) in [4.78, 5) is 0. The number of aromatic nitrogens is 2. The molecule has 0 aliphatic heterocycles. The van der Waals surface area contributed by atoms with Crippen molar-refractivity contribution in [2.75, 3.05) is 0 Å². The molecule has 136 valence electrons. The van der Waals surface area contributed by atoms with E-state index in [0.29, 0.717) is 0 Å². The molecule has 0 saturated heterocycles. The summed E-state index contributed by atoms with van der Waals surface area (Å²) in [7, 11) is 2.11. The van der Waals surface area contributed by atoms with Gasteiger partial charge in [0, 0.05) is 52.3 Å². The normalized spacial score (nSPS) is 15.3. The quantitative estimate of drug-likeness (QED) is 0.290. The number of benzene rings is 1. The van der Waals surface area contributed by atoms with Crippen LogP contribution in [0.15, 0.2) is 36.7 Å². The summed E-state index contributed by atoms with van der Waals surface area (Å²) in [6.07, 6.45) is 11.3. The van der Waals surface area contributed by atoms with Crippen LogP contribution in [0.1, 0.15) is 43.7 Å². The van der Waals surface area contributed by atoms with Gasteiger partial charge >= 0.3 is 89.9 Å². The van der Waals surface area contributed by atoms with E-state index in [1.165, 1.54) is 48.0 Å². The van der Waals surface area contributed by atoms with E-state index in [2.05, 4.69) is 93.7 Å². The number of hydrogen-bond acceptors (Lipinski definition) is 1. The zero-order chi connectivity index (χ0) is 17.5. The average Bonchev–Trinajstić information content (AvgIpc) is 2.90. The number of imidazole rings is 1. The second-order valence-electron chi connectivity index (χ2n) is 5.94.